The van der Waals surface area contributed by atoms with Crippen LogP contribution in [0.3, 0.4) is 0 Å². The molecule has 166 valence electrons. The predicted molar refractivity (Wildman–Crippen MR) is 115 cm³/mol. The number of nitrogens with zero attached hydrogens (tertiary/aromatic N) is 1. The number of ether oxygens (including phenoxy) is 2. The number of anilines is 1. The number of cyclic esters (lactones) is 1. The second kappa shape index (κ2) is 9.21. The Hall–Kier alpha value is -3.68. The van der Waals surface area contributed by atoms with Crippen molar-refractivity contribution in [1.82, 2.24) is 4.90 Å². The maximum absolute atomic E-state index is 13.0. The van der Waals surface area contributed by atoms with E-state index in [0.717, 1.165) is 12.8 Å². The van der Waals surface area contributed by atoms with Crippen molar-refractivity contribution in [2.75, 3.05) is 11.9 Å². The average molecular weight is 436 g/mol. The zero-order valence-electron chi connectivity index (χ0n) is 17.7. The number of carbonyl (C=O) groups is 4. The third kappa shape index (κ3) is 4.21. The van der Waals surface area contributed by atoms with E-state index >= 15 is 0 Å². The molecule has 2 aromatic carbocycles. The van der Waals surface area contributed by atoms with Gasteiger partial charge in [0.1, 0.15) is 6.04 Å². The van der Waals surface area contributed by atoms with Crippen molar-refractivity contribution in [2.24, 2.45) is 0 Å². The van der Waals surface area contributed by atoms with Crippen LogP contribution in [0.25, 0.3) is 0 Å². The Bertz CT molecular complexity index is 1050. The van der Waals surface area contributed by atoms with Crippen LogP contribution < -0.4 is 5.32 Å². The zero-order chi connectivity index (χ0) is 22.7. The number of likely N-dealkylation sites (tertiary alicyclic amines) is 1. The van der Waals surface area contributed by atoms with Gasteiger partial charge in [-0.1, -0.05) is 31.5 Å². The van der Waals surface area contributed by atoms with E-state index in [4.69, 9.17) is 9.47 Å². The number of carbonyl (C=O) groups excluding carboxylic acids is 4. The molecule has 0 bridgehead atoms. The molecular weight excluding hydrogens is 412 g/mol. The van der Waals surface area contributed by atoms with Crippen molar-refractivity contribution in [3.63, 3.8) is 0 Å². The topological polar surface area (TPSA) is 102 Å². The van der Waals surface area contributed by atoms with E-state index in [0.29, 0.717) is 35.4 Å². The van der Waals surface area contributed by atoms with Gasteiger partial charge in [0, 0.05) is 17.7 Å². The molecule has 8 heteroatoms. The molecule has 0 aromatic heterocycles. The van der Waals surface area contributed by atoms with Crippen molar-refractivity contribution < 1.29 is 28.7 Å². The molecule has 2 atom stereocenters. The van der Waals surface area contributed by atoms with Gasteiger partial charge in [-0.2, -0.15) is 0 Å². The fraction of sp³-hybridized carbons (Fsp3) is 0.333. The second-order valence-electron chi connectivity index (χ2n) is 7.76. The van der Waals surface area contributed by atoms with Crippen LogP contribution in [0.4, 0.5) is 5.69 Å². The molecule has 8 nitrogen and oxygen atoms in total. The molecule has 0 saturated carbocycles. The van der Waals surface area contributed by atoms with Gasteiger partial charge < -0.3 is 14.8 Å². The van der Waals surface area contributed by atoms with Gasteiger partial charge in [0.15, 0.2) is 0 Å². The highest BCUT2D eigenvalue weighted by Gasteiger charge is 2.46. The maximum Gasteiger partial charge on any atom is 0.340 e. The summed E-state index contributed by atoms with van der Waals surface area (Å²) in [6, 6.07) is 12.5. The summed E-state index contributed by atoms with van der Waals surface area (Å²) in [6.45, 7) is 2.38. The van der Waals surface area contributed by atoms with Gasteiger partial charge in [0.05, 0.1) is 17.7 Å². The van der Waals surface area contributed by atoms with E-state index in [9.17, 15) is 19.2 Å². The molecule has 0 aliphatic carbocycles. The van der Waals surface area contributed by atoms with Crippen molar-refractivity contribution in [2.45, 2.75) is 44.9 Å². The lowest BCUT2D eigenvalue weighted by Crippen LogP contribution is -2.43. The molecule has 32 heavy (non-hydrogen) atoms. The largest absolute Gasteiger partial charge is 0.462 e. The fourth-order valence-electron chi connectivity index (χ4n) is 3.89. The third-order valence-electron chi connectivity index (χ3n) is 5.60. The number of nitrogens with one attached hydrogen (secondary N) is 1. The molecule has 0 spiro atoms. The van der Waals surface area contributed by atoms with Crippen molar-refractivity contribution in [1.29, 1.82) is 0 Å². The van der Waals surface area contributed by atoms with Crippen molar-refractivity contribution >= 4 is 29.4 Å². The van der Waals surface area contributed by atoms with Crippen LogP contribution in [0.1, 0.15) is 65.1 Å². The Balaban J connectivity index is 1.45. The number of amides is 2. The summed E-state index contributed by atoms with van der Waals surface area (Å²) in [5.74, 6) is -1.55. The Morgan fingerprint density at radius 3 is 2.62 bits per heavy atom. The molecule has 1 N–H and O–H groups in total. The third-order valence-corrected chi connectivity index (χ3v) is 5.60. The minimum absolute atomic E-state index is 0.191. The minimum Gasteiger partial charge on any atom is -0.462 e. The molecule has 0 radical (unpaired) electrons. The number of unbranched alkanes of at least 4 members (excludes halogenated alkanes) is 1. The Morgan fingerprint density at radius 2 is 1.88 bits per heavy atom. The predicted octanol–water partition coefficient (Wildman–Crippen LogP) is 3.44. The highest BCUT2D eigenvalue weighted by molar-refractivity contribution is 6.00. The normalized spacial score (nSPS) is 19.5. The minimum atomic E-state index is -0.912. The molecule has 2 heterocycles. The van der Waals surface area contributed by atoms with E-state index in [2.05, 4.69) is 5.32 Å². The van der Waals surface area contributed by atoms with Gasteiger partial charge >= 0.3 is 11.9 Å². The number of benzene rings is 2. The SMILES string of the molecule is CCCCOC(=O)c1ccc(NC(=O)[C@@H]2CCC(=O)N2[C@@H]2OC(=O)c3ccccc32)cc1. The molecule has 2 aromatic rings. The van der Waals surface area contributed by atoms with Crippen LogP contribution in [0, 0.1) is 0 Å². The first-order chi connectivity index (χ1) is 15.5. The Morgan fingerprint density at radius 1 is 1.12 bits per heavy atom. The monoisotopic (exact) mass is 436 g/mol. The highest BCUT2D eigenvalue weighted by Crippen LogP contribution is 2.38. The molecule has 0 unspecified atom stereocenters. The van der Waals surface area contributed by atoms with E-state index < -0.39 is 24.2 Å². The summed E-state index contributed by atoms with van der Waals surface area (Å²) in [7, 11) is 0. The van der Waals surface area contributed by atoms with Gasteiger partial charge in [-0.05, 0) is 43.2 Å². The molecule has 1 saturated heterocycles. The Kier molecular flexibility index (Phi) is 6.20. The van der Waals surface area contributed by atoms with Crippen LogP contribution in [-0.4, -0.2) is 41.3 Å². The highest BCUT2D eigenvalue weighted by atomic mass is 16.6. The quantitative estimate of drug-likeness (QED) is 0.527. The molecule has 2 amide bonds. The summed E-state index contributed by atoms with van der Waals surface area (Å²) in [6.07, 6.45) is 1.34. The fourth-order valence-corrected chi connectivity index (χ4v) is 3.89. The lowest BCUT2D eigenvalue weighted by atomic mass is 10.1. The van der Waals surface area contributed by atoms with E-state index in [1.807, 2.05) is 6.92 Å². The molecule has 2 aliphatic heterocycles. The second-order valence-corrected chi connectivity index (χ2v) is 7.76. The lowest BCUT2D eigenvalue weighted by molar-refractivity contribution is -0.144. The molecule has 1 fully saturated rings. The molecule has 2 aliphatic rings. The summed E-state index contributed by atoms with van der Waals surface area (Å²) < 4.78 is 10.6. The smallest absolute Gasteiger partial charge is 0.340 e. The van der Waals surface area contributed by atoms with Gasteiger partial charge in [-0.3, -0.25) is 14.5 Å². The van der Waals surface area contributed by atoms with Crippen LogP contribution in [-0.2, 0) is 19.1 Å². The Labute approximate surface area is 185 Å². The maximum atomic E-state index is 13.0. The van der Waals surface area contributed by atoms with Crippen LogP contribution in [0.2, 0.25) is 0 Å². The summed E-state index contributed by atoms with van der Waals surface area (Å²) in [4.78, 5) is 51.1. The van der Waals surface area contributed by atoms with Crippen molar-refractivity contribution in [3.8, 4) is 0 Å². The first-order valence-electron chi connectivity index (χ1n) is 10.7. The van der Waals surface area contributed by atoms with E-state index in [1.54, 1.807) is 48.5 Å². The van der Waals surface area contributed by atoms with Crippen molar-refractivity contribution in [3.05, 3.63) is 65.2 Å². The molecular formula is C24H24N2O6. The number of fused-ring (bicyclic) bond motifs is 1. The van der Waals surface area contributed by atoms with Crippen LogP contribution >= 0.6 is 0 Å². The van der Waals surface area contributed by atoms with Crippen LogP contribution in [0.5, 0.6) is 0 Å². The van der Waals surface area contributed by atoms with Gasteiger partial charge in [0.2, 0.25) is 18.0 Å². The molecule has 4 rings (SSSR count). The number of hydrogen-bond donors (Lipinski definition) is 1. The first kappa shape index (κ1) is 21.5. The average Bonchev–Trinajstić information content (AvgIpc) is 3.34. The number of rotatable bonds is 7. The van der Waals surface area contributed by atoms with Gasteiger partial charge in [-0.25, -0.2) is 9.59 Å². The zero-order valence-corrected chi connectivity index (χ0v) is 17.7. The number of esters is 2. The van der Waals surface area contributed by atoms with E-state index in [1.165, 1.54) is 4.90 Å². The first-order valence-corrected chi connectivity index (χ1v) is 10.7. The lowest BCUT2D eigenvalue weighted by Gasteiger charge is -2.29. The standard InChI is InChI=1S/C24H24N2O6/c1-2-3-14-31-23(29)15-8-10-16(11-9-15)25-21(28)19-12-13-20(27)26(19)22-17-6-4-5-7-18(17)24(30)32-22/h4-11,19,22H,2-3,12-14H2,1H3,(H,25,28)/t19-,22+/m0/s1. The van der Waals surface area contributed by atoms with Gasteiger partial charge in [0.25, 0.3) is 0 Å². The summed E-state index contributed by atoms with van der Waals surface area (Å²) >= 11 is 0. The summed E-state index contributed by atoms with van der Waals surface area (Å²) in [5.41, 5.74) is 1.86. The summed E-state index contributed by atoms with van der Waals surface area (Å²) in [5, 5.41) is 2.79. The van der Waals surface area contributed by atoms with E-state index in [-0.39, 0.29) is 18.2 Å². The van der Waals surface area contributed by atoms with Crippen LogP contribution in [0.15, 0.2) is 48.5 Å². The van der Waals surface area contributed by atoms with Gasteiger partial charge in [-0.15, -0.1) is 0 Å². The number of hydrogen-bond acceptors (Lipinski definition) is 6.